The zero-order chi connectivity index (χ0) is 25.4. The van der Waals surface area contributed by atoms with Gasteiger partial charge in [0.2, 0.25) is 5.91 Å². The van der Waals surface area contributed by atoms with Crippen LogP contribution in [-0.4, -0.2) is 27.7 Å². The Labute approximate surface area is 198 Å². The van der Waals surface area contributed by atoms with E-state index in [9.17, 15) is 27.6 Å². The number of primary amides is 1. The van der Waals surface area contributed by atoms with Crippen molar-refractivity contribution in [2.45, 2.75) is 32.0 Å². The van der Waals surface area contributed by atoms with Crippen molar-refractivity contribution in [2.24, 2.45) is 5.73 Å². The highest BCUT2D eigenvalue weighted by molar-refractivity contribution is 6.39. The summed E-state index contributed by atoms with van der Waals surface area (Å²) in [6, 6.07) is 11.9. The lowest BCUT2D eigenvalue weighted by Crippen LogP contribution is -2.35. The van der Waals surface area contributed by atoms with Crippen LogP contribution in [0.25, 0.3) is 0 Å². The zero-order valence-electron chi connectivity index (χ0n) is 18.4. The van der Waals surface area contributed by atoms with Crippen molar-refractivity contribution in [2.75, 3.05) is 5.32 Å². The van der Waals surface area contributed by atoms with Gasteiger partial charge in [-0.3, -0.25) is 24.4 Å². The number of aromatic nitrogens is 2. The van der Waals surface area contributed by atoms with Crippen LogP contribution in [0.15, 0.2) is 61.1 Å². The van der Waals surface area contributed by atoms with Gasteiger partial charge in [-0.05, 0) is 48.6 Å². The number of nitrogens with two attached hydrogens (primary N) is 1. The quantitative estimate of drug-likeness (QED) is 0.490. The average molecular weight is 485 g/mol. The Morgan fingerprint density at radius 1 is 0.943 bits per heavy atom. The summed E-state index contributed by atoms with van der Waals surface area (Å²) >= 11 is 0. The molecule has 1 aromatic carbocycles. The minimum Gasteiger partial charge on any atom is -0.366 e. The first kappa shape index (κ1) is 25.3. The molecule has 0 fully saturated rings. The molecule has 4 rings (SSSR count). The number of nitrogens with one attached hydrogen (secondary N) is 2. The highest BCUT2D eigenvalue weighted by atomic mass is 19.4. The molecule has 0 bridgehead atoms. The van der Waals surface area contributed by atoms with Crippen molar-refractivity contribution in [1.29, 1.82) is 0 Å². The molecule has 0 unspecified atom stereocenters. The molecule has 8 nitrogen and oxygen atoms in total. The van der Waals surface area contributed by atoms with Gasteiger partial charge in [0.05, 0.1) is 35.2 Å². The van der Waals surface area contributed by atoms with Crippen LogP contribution in [0.4, 0.5) is 18.9 Å². The number of rotatable bonds is 4. The maximum atomic E-state index is 12.4. The molecule has 4 N–H and O–H groups in total. The van der Waals surface area contributed by atoms with Crippen LogP contribution >= 0.6 is 0 Å². The lowest BCUT2D eigenvalue weighted by molar-refractivity contribution is -0.137. The number of amides is 3. The van der Waals surface area contributed by atoms with Crippen LogP contribution in [0.1, 0.15) is 39.2 Å². The largest absolute Gasteiger partial charge is 0.417 e. The van der Waals surface area contributed by atoms with Crippen molar-refractivity contribution < 1.29 is 27.6 Å². The molecule has 0 saturated carbocycles. The van der Waals surface area contributed by atoms with Gasteiger partial charge in [-0.15, -0.1) is 0 Å². The molecule has 1 aliphatic rings. The van der Waals surface area contributed by atoms with E-state index >= 15 is 0 Å². The minimum absolute atomic E-state index is 0.0390. The monoisotopic (exact) mass is 485 g/mol. The normalized spacial score (nSPS) is 12.1. The summed E-state index contributed by atoms with van der Waals surface area (Å²) in [5.41, 5.74) is 7.54. The van der Waals surface area contributed by atoms with Crippen LogP contribution in [0.3, 0.4) is 0 Å². The second-order valence-electron chi connectivity index (χ2n) is 7.62. The number of benzene rings is 1. The first-order chi connectivity index (χ1) is 16.6. The first-order valence-electron chi connectivity index (χ1n) is 10.6. The number of hydrogen-bond donors (Lipinski definition) is 3. The van der Waals surface area contributed by atoms with Crippen molar-refractivity contribution in [1.82, 2.24) is 15.3 Å². The Hall–Kier alpha value is -4.28. The second-order valence-corrected chi connectivity index (χ2v) is 7.62. The molecule has 35 heavy (non-hydrogen) atoms. The Kier molecular flexibility index (Phi) is 8.13. The van der Waals surface area contributed by atoms with Gasteiger partial charge in [0.15, 0.2) is 0 Å². The number of fused-ring (bicyclic) bond motifs is 1. The van der Waals surface area contributed by atoms with Crippen molar-refractivity contribution in [3.05, 3.63) is 89.0 Å². The van der Waals surface area contributed by atoms with Gasteiger partial charge >= 0.3 is 18.0 Å². The number of nitrogens with zero attached hydrogens (tertiary/aromatic N) is 2. The number of pyridine rings is 2. The summed E-state index contributed by atoms with van der Waals surface area (Å²) in [5.74, 6) is -2.86. The van der Waals surface area contributed by atoms with Crippen LogP contribution in [0.5, 0.6) is 0 Å². The Morgan fingerprint density at radius 3 is 2.20 bits per heavy atom. The fraction of sp³-hybridized carbons (Fsp3) is 0.208. The Bertz CT molecular complexity index is 1190. The van der Waals surface area contributed by atoms with E-state index in [1.165, 1.54) is 37.7 Å². The maximum absolute atomic E-state index is 12.4. The third kappa shape index (κ3) is 7.36. The number of alkyl halides is 3. The van der Waals surface area contributed by atoms with Crippen molar-refractivity contribution in [3.63, 3.8) is 0 Å². The lowest BCUT2D eigenvalue weighted by Gasteiger charge is -2.08. The second kappa shape index (κ2) is 11.2. The molecule has 0 spiro atoms. The standard InChI is InChI=1S/C15H12F3N5O3.C9H10/c16-15(17,18)9-1-2-10(21-5-9)7-22-13(25)14(26)23-11-3-8(12(19)24)4-20-6-11;1-2-5-9-7-3-6-8(9)4-1/h1-6H,7H2,(H2,19,24)(H,22,25)(H,23,26);1-2,4-5H,3,6-7H2. The summed E-state index contributed by atoms with van der Waals surface area (Å²) in [6.07, 6.45) is 2.47. The summed E-state index contributed by atoms with van der Waals surface area (Å²) in [6.45, 7) is -0.246. The molecular formula is C24H22F3N5O3. The van der Waals surface area contributed by atoms with Gasteiger partial charge in [-0.1, -0.05) is 24.3 Å². The molecule has 0 saturated heterocycles. The summed E-state index contributed by atoms with van der Waals surface area (Å²) in [7, 11) is 0. The maximum Gasteiger partial charge on any atom is 0.417 e. The SMILES string of the molecule is NC(=O)c1cncc(NC(=O)C(=O)NCc2ccc(C(F)(F)F)cn2)c1.c1ccc2c(c1)CCC2. The van der Waals surface area contributed by atoms with E-state index in [1.807, 2.05) is 0 Å². The molecule has 11 heteroatoms. The van der Waals surface area contributed by atoms with Crippen LogP contribution in [0.2, 0.25) is 0 Å². The van der Waals surface area contributed by atoms with E-state index in [1.54, 1.807) is 11.1 Å². The van der Waals surface area contributed by atoms with E-state index in [0.717, 1.165) is 12.1 Å². The van der Waals surface area contributed by atoms with E-state index in [4.69, 9.17) is 5.73 Å². The molecule has 0 atom stereocenters. The fourth-order valence-corrected chi connectivity index (χ4v) is 3.29. The number of halogens is 3. The fourth-order valence-electron chi connectivity index (χ4n) is 3.29. The summed E-state index contributed by atoms with van der Waals surface area (Å²) in [5, 5.41) is 4.42. The molecule has 3 amide bonds. The van der Waals surface area contributed by atoms with Crippen LogP contribution < -0.4 is 16.4 Å². The predicted octanol–water partition coefficient (Wildman–Crippen LogP) is 3.02. The molecular weight excluding hydrogens is 463 g/mol. The Balaban J connectivity index is 0.000000313. The van der Waals surface area contributed by atoms with E-state index in [-0.39, 0.29) is 23.5 Å². The molecule has 1 aliphatic carbocycles. The third-order valence-corrected chi connectivity index (χ3v) is 5.08. The molecule has 3 aromatic rings. The number of anilines is 1. The van der Waals surface area contributed by atoms with Crippen molar-refractivity contribution in [3.8, 4) is 0 Å². The number of carbonyl (C=O) groups is 3. The number of hydrogen-bond acceptors (Lipinski definition) is 5. The van der Waals surface area contributed by atoms with Gasteiger partial charge in [0.1, 0.15) is 0 Å². The van der Waals surface area contributed by atoms with Gasteiger partial charge in [-0.25, -0.2) is 0 Å². The van der Waals surface area contributed by atoms with E-state index in [0.29, 0.717) is 6.20 Å². The zero-order valence-corrected chi connectivity index (χ0v) is 18.4. The van der Waals surface area contributed by atoms with Crippen LogP contribution in [0, 0.1) is 0 Å². The van der Waals surface area contributed by atoms with Crippen LogP contribution in [-0.2, 0) is 35.2 Å². The number of aryl methyl sites for hydroxylation is 2. The van der Waals surface area contributed by atoms with E-state index in [2.05, 4.69) is 44.9 Å². The highest BCUT2D eigenvalue weighted by Gasteiger charge is 2.30. The highest BCUT2D eigenvalue weighted by Crippen LogP contribution is 2.28. The average Bonchev–Trinajstić information content (AvgIpc) is 3.32. The summed E-state index contributed by atoms with van der Waals surface area (Å²) < 4.78 is 37.3. The van der Waals surface area contributed by atoms with Gasteiger partial charge in [-0.2, -0.15) is 13.2 Å². The summed E-state index contributed by atoms with van der Waals surface area (Å²) in [4.78, 5) is 41.8. The topological polar surface area (TPSA) is 127 Å². The van der Waals surface area contributed by atoms with Gasteiger partial charge < -0.3 is 16.4 Å². The van der Waals surface area contributed by atoms with Crippen molar-refractivity contribution >= 4 is 23.4 Å². The molecule has 2 heterocycles. The number of carbonyl (C=O) groups excluding carboxylic acids is 3. The Morgan fingerprint density at radius 2 is 1.63 bits per heavy atom. The molecule has 0 radical (unpaired) electrons. The molecule has 182 valence electrons. The molecule has 0 aliphatic heterocycles. The minimum atomic E-state index is -4.51. The van der Waals surface area contributed by atoms with Gasteiger partial charge in [0.25, 0.3) is 0 Å². The van der Waals surface area contributed by atoms with Gasteiger partial charge in [0, 0.05) is 12.4 Å². The smallest absolute Gasteiger partial charge is 0.366 e. The molecule has 2 aromatic heterocycles. The third-order valence-electron chi connectivity index (χ3n) is 5.08. The lowest BCUT2D eigenvalue weighted by atomic mass is 10.1. The van der Waals surface area contributed by atoms with E-state index < -0.39 is 29.5 Å². The predicted molar refractivity (Wildman–Crippen MR) is 121 cm³/mol. The first-order valence-corrected chi connectivity index (χ1v) is 10.6.